The van der Waals surface area contributed by atoms with Crippen molar-refractivity contribution in [2.45, 2.75) is 83.0 Å². The van der Waals surface area contributed by atoms with Crippen LogP contribution in [0, 0.1) is 0 Å². The van der Waals surface area contributed by atoms with Gasteiger partial charge in [0.2, 0.25) is 11.8 Å². The van der Waals surface area contributed by atoms with Crippen LogP contribution in [0.3, 0.4) is 0 Å². The Hall–Kier alpha value is -2.82. The van der Waals surface area contributed by atoms with Gasteiger partial charge >= 0.3 is 0 Å². The minimum Gasteiger partial charge on any atom is -0.394 e. The van der Waals surface area contributed by atoms with Gasteiger partial charge in [-0.05, 0) is 30.9 Å². The van der Waals surface area contributed by atoms with E-state index in [1.807, 2.05) is 67.6 Å². The molecule has 2 aromatic rings. The largest absolute Gasteiger partial charge is 0.394 e. The molecule has 2 amide bonds. The van der Waals surface area contributed by atoms with Gasteiger partial charge in [-0.3, -0.25) is 9.59 Å². The lowest BCUT2D eigenvalue weighted by atomic mass is 9.96. The van der Waals surface area contributed by atoms with Crippen LogP contribution in [0.4, 0.5) is 0 Å². The smallest absolute Gasteiger partial charge is 0.249 e. The van der Waals surface area contributed by atoms with E-state index in [-0.39, 0.29) is 24.5 Å². The molecule has 0 saturated carbocycles. The number of hydrogen-bond acceptors (Lipinski definition) is 7. The minimum atomic E-state index is -1.30. The third-order valence-electron chi connectivity index (χ3n) is 6.24. The number of amides is 2. The van der Waals surface area contributed by atoms with Gasteiger partial charge in [-0.15, -0.1) is 0 Å². The van der Waals surface area contributed by atoms with E-state index in [4.69, 9.17) is 14.2 Å². The van der Waals surface area contributed by atoms with Crippen molar-refractivity contribution in [2.75, 3.05) is 6.61 Å². The summed E-state index contributed by atoms with van der Waals surface area (Å²) < 4.78 is 17.9. The summed E-state index contributed by atoms with van der Waals surface area (Å²) in [4.78, 5) is 25.2. The highest BCUT2D eigenvalue weighted by atomic mass is 16.7. The van der Waals surface area contributed by atoms with Crippen LogP contribution < -0.4 is 10.6 Å². The molecule has 0 aromatic heterocycles. The number of aliphatic hydroxyl groups is 2. The van der Waals surface area contributed by atoms with E-state index in [2.05, 4.69) is 10.6 Å². The van der Waals surface area contributed by atoms with E-state index < -0.39 is 43.4 Å². The number of carbonyl (C=O) groups excluding carboxylic acids is 2. The summed E-state index contributed by atoms with van der Waals surface area (Å²) in [6, 6.07) is 18.2. The van der Waals surface area contributed by atoms with Gasteiger partial charge in [0.25, 0.3) is 0 Å². The number of nitrogens with one attached hydrogen (secondary N) is 2. The number of rotatable bonds is 12. The van der Waals surface area contributed by atoms with Gasteiger partial charge in [0.15, 0.2) is 6.29 Å². The molecule has 0 radical (unpaired) electrons. The molecule has 1 aliphatic rings. The predicted octanol–water partition coefficient (Wildman–Crippen LogP) is 1.70. The lowest BCUT2D eigenvalue weighted by Crippen LogP contribution is -2.66. The monoisotopic (exact) mass is 514 g/mol. The molecular weight excluding hydrogens is 476 g/mol. The average molecular weight is 515 g/mol. The molecule has 4 N–H and O–H groups in total. The van der Waals surface area contributed by atoms with Crippen molar-refractivity contribution in [3.8, 4) is 0 Å². The first-order valence-electron chi connectivity index (χ1n) is 12.7. The van der Waals surface area contributed by atoms with E-state index >= 15 is 0 Å². The maximum Gasteiger partial charge on any atom is 0.249 e. The fourth-order valence-corrected chi connectivity index (χ4v) is 4.40. The molecular formula is C28H38N2O7. The van der Waals surface area contributed by atoms with Gasteiger partial charge < -0.3 is 35.1 Å². The van der Waals surface area contributed by atoms with Crippen molar-refractivity contribution in [3.05, 3.63) is 71.8 Å². The molecule has 1 heterocycles. The molecule has 7 unspecified atom stereocenters. The molecule has 0 aliphatic carbocycles. The van der Waals surface area contributed by atoms with Crippen molar-refractivity contribution in [2.24, 2.45) is 0 Å². The molecule has 0 bridgehead atoms. The van der Waals surface area contributed by atoms with E-state index in [1.165, 1.54) is 6.92 Å². The Bertz CT molecular complexity index is 975. The molecule has 9 heteroatoms. The Labute approximate surface area is 218 Å². The van der Waals surface area contributed by atoms with Crippen molar-refractivity contribution >= 4 is 11.8 Å². The summed E-state index contributed by atoms with van der Waals surface area (Å²) in [5.74, 6) is -0.701. The molecule has 202 valence electrons. The van der Waals surface area contributed by atoms with Crippen molar-refractivity contribution < 1.29 is 34.0 Å². The number of benzene rings is 2. The summed E-state index contributed by atoms with van der Waals surface area (Å²) in [5, 5.41) is 26.5. The zero-order valence-electron chi connectivity index (χ0n) is 21.6. The second-order valence-corrected chi connectivity index (χ2v) is 9.34. The van der Waals surface area contributed by atoms with Crippen LogP contribution in [-0.4, -0.2) is 71.4 Å². The fraction of sp³-hybridized carbons (Fsp3) is 0.500. The highest BCUT2D eigenvalue weighted by molar-refractivity contribution is 5.81. The summed E-state index contributed by atoms with van der Waals surface area (Å²) in [7, 11) is 0. The quantitative estimate of drug-likeness (QED) is 0.340. The van der Waals surface area contributed by atoms with Gasteiger partial charge in [0.1, 0.15) is 30.5 Å². The average Bonchev–Trinajstić information content (AvgIpc) is 2.88. The van der Waals surface area contributed by atoms with Gasteiger partial charge in [-0.25, -0.2) is 0 Å². The Morgan fingerprint density at radius 1 is 1.05 bits per heavy atom. The fourth-order valence-electron chi connectivity index (χ4n) is 4.40. The molecule has 0 spiro atoms. The number of carbonyl (C=O) groups is 2. The number of ether oxygens (including phenoxy) is 3. The predicted molar refractivity (Wildman–Crippen MR) is 137 cm³/mol. The highest BCUT2D eigenvalue weighted by Crippen LogP contribution is 2.27. The molecule has 3 rings (SSSR count). The molecule has 2 aromatic carbocycles. The third kappa shape index (κ3) is 8.34. The number of aliphatic hydroxyl groups excluding tert-OH is 2. The van der Waals surface area contributed by atoms with Crippen LogP contribution in [0.5, 0.6) is 0 Å². The van der Waals surface area contributed by atoms with Crippen molar-refractivity contribution in [3.63, 3.8) is 0 Å². The summed E-state index contributed by atoms with van der Waals surface area (Å²) in [6.07, 6.45) is -4.32. The zero-order valence-corrected chi connectivity index (χ0v) is 21.6. The first-order chi connectivity index (χ1) is 17.8. The lowest BCUT2D eigenvalue weighted by Gasteiger charge is -2.45. The van der Waals surface area contributed by atoms with Crippen LogP contribution >= 0.6 is 0 Å². The Morgan fingerprint density at radius 2 is 1.68 bits per heavy atom. The normalized spacial score (nSPS) is 25.2. The van der Waals surface area contributed by atoms with Crippen LogP contribution in [0.2, 0.25) is 0 Å². The van der Waals surface area contributed by atoms with E-state index in [0.29, 0.717) is 12.8 Å². The highest BCUT2D eigenvalue weighted by Gasteiger charge is 2.48. The summed E-state index contributed by atoms with van der Waals surface area (Å²) in [5.41, 5.74) is 1.98. The van der Waals surface area contributed by atoms with E-state index in [1.54, 1.807) is 6.92 Å². The van der Waals surface area contributed by atoms with Gasteiger partial charge in [-0.1, -0.05) is 67.6 Å². The minimum absolute atomic E-state index is 0.148. The SMILES string of the molecule is CCC(OC1C(O)C(CO)OC(OCc2ccccc2)C1NC(C)=O)C(=O)NC(C)Cc1ccccc1. The topological polar surface area (TPSA) is 126 Å². The maximum atomic E-state index is 13.1. The van der Waals surface area contributed by atoms with Gasteiger partial charge in [0, 0.05) is 13.0 Å². The lowest BCUT2D eigenvalue weighted by molar-refractivity contribution is -0.284. The Balaban J connectivity index is 1.73. The van der Waals surface area contributed by atoms with Crippen LogP contribution in [0.15, 0.2) is 60.7 Å². The molecule has 1 aliphatic heterocycles. The van der Waals surface area contributed by atoms with Gasteiger partial charge in [0.05, 0.1) is 13.2 Å². The standard InChI is InChI=1S/C28H38N2O7/c1-4-22(27(34)29-18(2)15-20-11-7-5-8-12-20)36-26-24(30-19(3)32)28(37-23(16-31)25(26)33)35-17-21-13-9-6-10-14-21/h5-14,18,22-26,28,31,33H,4,15-17H2,1-3H3,(H,29,34)(H,30,32). The van der Waals surface area contributed by atoms with E-state index in [0.717, 1.165) is 11.1 Å². The van der Waals surface area contributed by atoms with E-state index in [9.17, 15) is 19.8 Å². The molecule has 1 fully saturated rings. The van der Waals surface area contributed by atoms with Crippen LogP contribution in [-0.2, 0) is 36.8 Å². The van der Waals surface area contributed by atoms with Crippen LogP contribution in [0.25, 0.3) is 0 Å². The Morgan fingerprint density at radius 3 is 2.24 bits per heavy atom. The summed E-state index contributed by atoms with van der Waals surface area (Å²) in [6.45, 7) is 4.74. The van der Waals surface area contributed by atoms with Crippen molar-refractivity contribution in [1.29, 1.82) is 0 Å². The van der Waals surface area contributed by atoms with Crippen LogP contribution in [0.1, 0.15) is 38.3 Å². The first kappa shape index (κ1) is 28.7. The zero-order chi connectivity index (χ0) is 26.8. The van der Waals surface area contributed by atoms with Gasteiger partial charge in [-0.2, -0.15) is 0 Å². The maximum absolute atomic E-state index is 13.1. The number of hydrogen-bond donors (Lipinski definition) is 4. The second kappa shape index (κ2) is 14.2. The molecule has 9 nitrogen and oxygen atoms in total. The second-order valence-electron chi connectivity index (χ2n) is 9.34. The Kier molecular flexibility index (Phi) is 11.0. The molecule has 37 heavy (non-hydrogen) atoms. The summed E-state index contributed by atoms with van der Waals surface area (Å²) >= 11 is 0. The first-order valence-corrected chi connectivity index (χ1v) is 12.7. The molecule has 1 saturated heterocycles. The van der Waals surface area contributed by atoms with Crippen molar-refractivity contribution in [1.82, 2.24) is 10.6 Å². The molecule has 7 atom stereocenters. The third-order valence-corrected chi connectivity index (χ3v) is 6.24.